The van der Waals surface area contributed by atoms with Gasteiger partial charge in [-0.3, -0.25) is 14.6 Å². The Kier molecular flexibility index (Phi) is 7.21. The van der Waals surface area contributed by atoms with E-state index in [1.807, 2.05) is 0 Å². The van der Waals surface area contributed by atoms with E-state index in [1.165, 1.54) is 56.4 Å². The molecule has 2 aromatic rings. The molecule has 0 bridgehead atoms. The van der Waals surface area contributed by atoms with E-state index in [-0.39, 0.29) is 17.8 Å². The summed E-state index contributed by atoms with van der Waals surface area (Å²) in [5.41, 5.74) is 1.22. The molecule has 186 valence electrons. The van der Waals surface area contributed by atoms with Crippen molar-refractivity contribution in [2.24, 2.45) is 0 Å². The molecule has 34 heavy (non-hydrogen) atoms. The molecule has 1 saturated carbocycles. The molecular weight excluding hydrogens is 448 g/mol. The number of hydrogen-bond donors (Lipinski definition) is 1. The molecule has 2 atom stereocenters. The lowest BCUT2D eigenvalue weighted by Gasteiger charge is -2.43. The van der Waals surface area contributed by atoms with Gasteiger partial charge in [-0.1, -0.05) is 0 Å². The van der Waals surface area contributed by atoms with Crippen LogP contribution in [0.4, 0.5) is 0 Å². The Bertz CT molecular complexity index is 1010. The first-order valence-electron chi connectivity index (χ1n) is 13.0. The summed E-state index contributed by atoms with van der Waals surface area (Å²) in [5, 5.41) is 11.2. The summed E-state index contributed by atoms with van der Waals surface area (Å²) in [6, 6.07) is 1.31. The van der Waals surface area contributed by atoms with Crippen LogP contribution in [0.5, 0.6) is 5.88 Å². The zero-order valence-corrected chi connectivity index (χ0v) is 21.5. The van der Waals surface area contributed by atoms with Crippen molar-refractivity contribution in [1.82, 2.24) is 19.8 Å². The highest BCUT2D eigenvalue weighted by molar-refractivity contribution is 7.19. The molecule has 1 N–H and O–H groups in total. The summed E-state index contributed by atoms with van der Waals surface area (Å²) in [6.07, 6.45) is 7.76. The number of carbonyl (C=O) groups is 1. The van der Waals surface area contributed by atoms with Crippen molar-refractivity contribution in [3.8, 4) is 5.88 Å². The number of aliphatic hydroxyl groups excluding tert-OH is 1. The Balaban J connectivity index is 1.25. The van der Waals surface area contributed by atoms with E-state index < -0.39 is 6.10 Å². The number of nitrogens with zero attached hydrogens (tertiary/aromatic N) is 4. The van der Waals surface area contributed by atoms with E-state index in [1.54, 1.807) is 17.7 Å². The van der Waals surface area contributed by atoms with Gasteiger partial charge >= 0.3 is 0 Å². The van der Waals surface area contributed by atoms with Crippen LogP contribution in [-0.4, -0.2) is 81.1 Å². The van der Waals surface area contributed by atoms with Crippen LogP contribution in [0, 0.1) is 0 Å². The molecule has 7 nitrogen and oxygen atoms in total. The zero-order chi connectivity index (χ0) is 23.8. The number of thiophene rings is 1. The maximum Gasteiger partial charge on any atom is 0.225 e. The molecule has 0 aromatic carbocycles. The predicted octanol–water partition coefficient (Wildman–Crippen LogP) is 3.78. The van der Waals surface area contributed by atoms with Gasteiger partial charge in [0.05, 0.1) is 5.39 Å². The number of aromatic nitrogens is 2. The molecule has 3 aliphatic rings. The molecule has 0 spiro atoms. The number of ether oxygens (including phenoxy) is 1. The first-order chi connectivity index (χ1) is 16.4. The van der Waals surface area contributed by atoms with Crippen molar-refractivity contribution in [3.63, 3.8) is 0 Å². The molecule has 0 unspecified atom stereocenters. The molecule has 0 amide bonds. The Labute approximate surface area is 206 Å². The van der Waals surface area contributed by atoms with Crippen molar-refractivity contribution in [1.29, 1.82) is 0 Å². The highest BCUT2D eigenvalue weighted by Gasteiger charge is 2.34. The SMILES string of the molecule is CC(=O)[C@H](O)C[C@H]1CCc2sc3ncnc(O[C@H]4CC[C@H](N5CCN(C(C)C)CC5)CC4)c3c21. The maximum atomic E-state index is 11.7. The maximum absolute atomic E-state index is 11.7. The predicted molar refractivity (Wildman–Crippen MR) is 135 cm³/mol. The summed E-state index contributed by atoms with van der Waals surface area (Å²) < 4.78 is 6.54. The van der Waals surface area contributed by atoms with E-state index in [4.69, 9.17) is 4.74 Å². The standard InChI is InChI=1S/C26H38N4O3S/c1-16(2)29-10-12-30(13-11-29)19-5-7-20(8-6-19)33-25-24-23-18(14-21(32)17(3)31)4-9-22(23)34-26(24)28-15-27-25/h15-16,18-21,32H,4-14H2,1-3H3/t18-,19-,20-,21-/m1/s1. The fourth-order valence-corrected chi connectivity index (χ4v) is 7.34. The second-order valence-electron chi connectivity index (χ2n) is 10.6. The van der Waals surface area contributed by atoms with Crippen LogP contribution < -0.4 is 4.74 Å². The lowest BCUT2D eigenvalue weighted by Crippen LogP contribution is -2.53. The molecule has 2 aromatic heterocycles. The van der Waals surface area contributed by atoms with Crippen LogP contribution in [-0.2, 0) is 11.2 Å². The highest BCUT2D eigenvalue weighted by atomic mass is 32.1. The first-order valence-corrected chi connectivity index (χ1v) is 13.8. The molecular formula is C26H38N4O3S. The Morgan fingerprint density at radius 1 is 1.15 bits per heavy atom. The third kappa shape index (κ3) is 4.87. The smallest absolute Gasteiger partial charge is 0.225 e. The summed E-state index contributed by atoms with van der Waals surface area (Å²) in [4.78, 5) is 28.3. The number of aliphatic hydroxyl groups is 1. The van der Waals surface area contributed by atoms with Gasteiger partial charge in [0, 0.05) is 43.1 Å². The van der Waals surface area contributed by atoms with Crippen molar-refractivity contribution in [3.05, 3.63) is 16.8 Å². The summed E-state index contributed by atoms with van der Waals surface area (Å²) in [6.45, 7) is 10.7. The van der Waals surface area contributed by atoms with Gasteiger partial charge in [0.25, 0.3) is 0 Å². The average Bonchev–Trinajstić information content (AvgIpc) is 3.39. The second-order valence-corrected chi connectivity index (χ2v) is 11.7. The molecule has 3 heterocycles. The largest absolute Gasteiger partial charge is 0.474 e. The van der Waals surface area contributed by atoms with Gasteiger partial charge in [-0.05, 0) is 77.2 Å². The molecule has 0 radical (unpaired) electrons. The summed E-state index contributed by atoms with van der Waals surface area (Å²) in [5.74, 6) is 0.694. The van der Waals surface area contributed by atoms with Gasteiger partial charge in [-0.25, -0.2) is 9.97 Å². The zero-order valence-electron chi connectivity index (χ0n) is 20.7. The third-order valence-electron chi connectivity index (χ3n) is 8.19. The van der Waals surface area contributed by atoms with Crippen LogP contribution in [0.2, 0.25) is 0 Å². The van der Waals surface area contributed by atoms with Crippen LogP contribution in [0.15, 0.2) is 6.33 Å². The Hall–Kier alpha value is -1.61. The van der Waals surface area contributed by atoms with E-state index >= 15 is 0 Å². The fraction of sp³-hybridized carbons (Fsp3) is 0.731. The minimum atomic E-state index is -0.905. The van der Waals surface area contributed by atoms with Crippen molar-refractivity contribution >= 4 is 27.3 Å². The molecule has 5 rings (SSSR count). The highest BCUT2D eigenvalue weighted by Crippen LogP contribution is 2.47. The van der Waals surface area contributed by atoms with Crippen LogP contribution in [0.1, 0.15) is 75.7 Å². The minimum Gasteiger partial charge on any atom is -0.474 e. The number of aryl methyl sites for hydroxylation is 1. The molecule has 1 aliphatic heterocycles. The second kappa shape index (κ2) is 10.2. The van der Waals surface area contributed by atoms with Gasteiger partial charge < -0.3 is 9.84 Å². The lowest BCUT2D eigenvalue weighted by molar-refractivity contribution is -0.125. The molecule has 2 fully saturated rings. The van der Waals surface area contributed by atoms with E-state index in [9.17, 15) is 9.90 Å². The van der Waals surface area contributed by atoms with Gasteiger partial charge in [0.2, 0.25) is 5.88 Å². The molecule has 2 aliphatic carbocycles. The number of rotatable bonds is 7. The van der Waals surface area contributed by atoms with Crippen molar-refractivity contribution < 1.29 is 14.6 Å². The van der Waals surface area contributed by atoms with Gasteiger partial charge in [-0.15, -0.1) is 11.3 Å². The summed E-state index contributed by atoms with van der Waals surface area (Å²) >= 11 is 1.71. The number of Topliss-reactive ketones (excluding diaryl/α,β-unsaturated/α-hetero) is 1. The van der Waals surface area contributed by atoms with E-state index in [0.717, 1.165) is 35.9 Å². The normalized spacial score (nSPS) is 27.3. The Morgan fingerprint density at radius 3 is 2.56 bits per heavy atom. The van der Waals surface area contributed by atoms with Gasteiger partial charge in [0.15, 0.2) is 5.78 Å². The summed E-state index contributed by atoms with van der Waals surface area (Å²) in [7, 11) is 0. The number of carbonyl (C=O) groups excluding carboxylic acids is 1. The fourth-order valence-electron chi connectivity index (χ4n) is 6.11. The number of ketones is 1. The van der Waals surface area contributed by atoms with Crippen LogP contribution in [0.25, 0.3) is 10.2 Å². The van der Waals surface area contributed by atoms with E-state index in [0.29, 0.717) is 24.4 Å². The number of hydrogen-bond acceptors (Lipinski definition) is 8. The van der Waals surface area contributed by atoms with E-state index in [2.05, 4.69) is 33.6 Å². The van der Waals surface area contributed by atoms with Crippen molar-refractivity contribution in [2.45, 2.75) is 95.9 Å². The average molecular weight is 487 g/mol. The quantitative estimate of drug-likeness (QED) is 0.638. The topological polar surface area (TPSA) is 78.8 Å². The minimum absolute atomic E-state index is 0.163. The first kappa shape index (κ1) is 24.1. The number of fused-ring (bicyclic) bond motifs is 3. The van der Waals surface area contributed by atoms with Crippen LogP contribution >= 0.6 is 11.3 Å². The molecule has 1 saturated heterocycles. The lowest BCUT2D eigenvalue weighted by atomic mass is 9.91. The Morgan fingerprint density at radius 2 is 1.88 bits per heavy atom. The van der Waals surface area contributed by atoms with Crippen LogP contribution in [0.3, 0.4) is 0 Å². The van der Waals surface area contributed by atoms with Gasteiger partial charge in [-0.2, -0.15) is 0 Å². The monoisotopic (exact) mass is 486 g/mol. The molecule has 8 heteroatoms. The third-order valence-corrected chi connectivity index (χ3v) is 9.36. The van der Waals surface area contributed by atoms with Crippen molar-refractivity contribution in [2.75, 3.05) is 26.2 Å². The van der Waals surface area contributed by atoms with Gasteiger partial charge in [0.1, 0.15) is 23.4 Å². The number of piperazine rings is 1.